The first kappa shape index (κ1) is 23.3. The second-order valence-corrected chi connectivity index (χ2v) is 7.75. The molecule has 3 heteroatoms. The van der Waals surface area contributed by atoms with Crippen LogP contribution in [0.1, 0.15) is 57.6 Å². The fourth-order valence-corrected chi connectivity index (χ4v) is 3.95. The summed E-state index contributed by atoms with van der Waals surface area (Å²) in [5.41, 5.74) is 2.62. The zero-order valence-electron chi connectivity index (χ0n) is 18.8. The molecule has 0 fully saturated rings. The van der Waals surface area contributed by atoms with E-state index in [1.807, 2.05) is 6.07 Å². The molecular formula is C26H39NO2. The molecule has 0 radical (unpaired) electrons. The minimum absolute atomic E-state index is 0.588. The third kappa shape index (κ3) is 7.74. The van der Waals surface area contributed by atoms with Crippen LogP contribution in [0, 0.1) is 0 Å². The van der Waals surface area contributed by atoms with Crippen molar-refractivity contribution in [3.05, 3.63) is 59.7 Å². The fourth-order valence-electron chi connectivity index (χ4n) is 3.95. The van der Waals surface area contributed by atoms with Gasteiger partial charge in [0.2, 0.25) is 0 Å². The van der Waals surface area contributed by atoms with Gasteiger partial charge in [0.1, 0.15) is 0 Å². The van der Waals surface area contributed by atoms with Crippen molar-refractivity contribution in [2.45, 2.75) is 65.3 Å². The standard InChI is InChI=1S/C26H39NO2/c1-5-11-24(27(17-6-2)18-7-3)20-23-14-15-25(28-4)26(21-23)29-19-16-22-12-9-8-10-13-22/h8-10,12-15,21,24H,5-7,11,16-20H2,1-4H3/t24-/m1/s1. The minimum Gasteiger partial charge on any atom is -0.493 e. The molecule has 29 heavy (non-hydrogen) atoms. The summed E-state index contributed by atoms with van der Waals surface area (Å²) in [6.45, 7) is 9.84. The molecule has 0 saturated carbocycles. The van der Waals surface area contributed by atoms with Crippen LogP contribution in [0.5, 0.6) is 11.5 Å². The molecule has 0 spiro atoms. The second kappa shape index (κ2) is 13.3. The summed E-state index contributed by atoms with van der Waals surface area (Å²) >= 11 is 0. The largest absolute Gasteiger partial charge is 0.493 e. The fraction of sp³-hybridized carbons (Fsp3) is 0.538. The molecule has 3 nitrogen and oxygen atoms in total. The van der Waals surface area contributed by atoms with Crippen LogP contribution in [0.2, 0.25) is 0 Å². The molecule has 2 aromatic rings. The van der Waals surface area contributed by atoms with E-state index in [4.69, 9.17) is 9.47 Å². The first-order valence-electron chi connectivity index (χ1n) is 11.3. The van der Waals surface area contributed by atoms with E-state index < -0.39 is 0 Å². The summed E-state index contributed by atoms with van der Waals surface area (Å²) in [5.74, 6) is 1.67. The van der Waals surface area contributed by atoms with Crippen molar-refractivity contribution in [3.63, 3.8) is 0 Å². The van der Waals surface area contributed by atoms with Gasteiger partial charge >= 0.3 is 0 Å². The number of benzene rings is 2. The van der Waals surface area contributed by atoms with Gasteiger partial charge in [-0.05, 0) is 62.0 Å². The van der Waals surface area contributed by atoms with Crippen LogP contribution < -0.4 is 9.47 Å². The lowest BCUT2D eigenvalue weighted by Crippen LogP contribution is -2.38. The van der Waals surface area contributed by atoms with Gasteiger partial charge in [0.05, 0.1) is 13.7 Å². The van der Waals surface area contributed by atoms with Gasteiger partial charge in [0, 0.05) is 12.5 Å². The molecule has 0 heterocycles. The summed E-state index contributed by atoms with van der Waals surface area (Å²) in [7, 11) is 1.71. The Labute approximate surface area is 178 Å². The van der Waals surface area contributed by atoms with Gasteiger partial charge in [-0.2, -0.15) is 0 Å². The van der Waals surface area contributed by atoms with Crippen LogP contribution in [0.4, 0.5) is 0 Å². The lowest BCUT2D eigenvalue weighted by Gasteiger charge is -2.31. The Morgan fingerprint density at radius 2 is 1.55 bits per heavy atom. The van der Waals surface area contributed by atoms with Crippen molar-refractivity contribution in [2.75, 3.05) is 26.8 Å². The van der Waals surface area contributed by atoms with E-state index in [1.165, 1.54) is 49.9 Å². The molecule has 0 amide bonds. The van der Waals surface area contributed by atoms with E-state index in [0.29, 0.717) is 12.6 Å². The summed E-state index contributed by atoms with van der Waals surface area (Å²) in [6.07, 6.45) is 6.81. The lowest BCUT2D eigenvalue weighted by molar-refractivity contribution is 0.184. The molecule has 0 saturated heterocycles. The van der Waals surface area contributed by atoms with Crippen molar-refractivity contribution < 1.29 is 9.47 Å². The molecule has 160 valence electrons. The molecule has 0 bridgehead atoms. The van der Waals surface area contributed by atoms with Gasteiger partial charge in [0.25, 0.3) is 0 Å². The van der Waals surface area contributed by atoms with Crippen LogP contribution >= 0.6 is 0 Å². The Balaban J connectivity index is 2.07. The number of hydrogen-bond acceptors (Lipinski definition) is 3. The highest BCUT2D eigenvalue weighted by Crippen LogP contribution is 2.29. The monoisotopic (exact) mass is 397 g/mol. The zero-order chi connectivity index (χ0) is 20.9. The first-order chi connectivity index (χ1) is 14.2. The summed E-state index contributed by atoms with van der Waals surface area (Å²) in [6, 6.07) is 17.5. The first-order valence-corrected chi connectivity index (χ1v) is 11.3. The smallest absolute Gasteiger partial charge is 0.161 e. The molecule has 0 aliphatic carbocycles. The highest BCUT2D eigenvalue weighted by molar-refractivity contribution is 5.43. The highest BCUT2D eigenvalue weighted by Gasteiger charge is 2.18. The Morgan fingerprint density at radius 3 is 2.17 bits per heavy atom. The molecule has 0 N–H and O–H groups in total. The number of methoxy groups -OCH3 is 1. The van der Waals surface area contributed by atoms with Gasteiger partial charge in [0.15, 0.2) is 11.5 Å². The molecule has 1 atom stereocenters. The molecule has 2 aromatic carbocycles. The van der Waals surface area contributed by atoms with E-state index in [0.717, 1.165) is 24.3 Å². The average Bonchev–Trinajstić information content (AvgIpc) is 2.74. The van der Waals surface area contributed by atoms with Gasteiger partial charge in [-0.3, -0.25) is 0 Å². The predicted molar refractivity (Wildman–Crippen MR) is 123 cm³/mol. The van der Waals surface area contributed by atoms with Gasteiger partial charge < -0.3 is 14.4 Å². The van der Waals surface area contributed by atoms with E-state index in [1.54, 1.807) is 7.11 Å². The minimum atomic E-state index is 0.588. The van der Waals surface area contributed by atoms with Crippen LogP contribution in [-0.4, -0.2) is 37.7 Å². The van der Waals surface area contributed by atoms with Crippen LogP contribution in [0.3, 0.4) is 0 Å². The van der Waals surface area contributed by atoms with E-state index in [9.17, 15) is 0 Å². The third-order valence-electron chi connectivity index (χ3n) is 5.35. The summed E-state index contributed by atoms with van der Waals surface area (Å²) in [5, 5.41) is 0. The molecule has 0 aromatic heterocycles. The Morgan fingerprint density at radius 1 is 0.828 bits per heavy atom. The van der Waals surface area contributed by atoms with Crippen molar-refractivity contribution >= 4 is 0 Å². The third-order valence-corrected chi connectivity index (χ3v) is 5.35. The van der Waals surface area contributed by atoms with Crippen molar-refractivity contribution in [3.8, 4) is 11.5 Å². The van der Waals surface area contributed by atoms with Crippen LogP contribution in [-0.2, 0) is 12.8 Å². The maximum atomic E-state index is 6.13. The Hall–Kier alpha value is -2.00. The summed E-state index contributed by atoms with van der Waals surface area (Å²) < 4.78 is 11.7. The number of ether oxygens (including phenoxy) is 2. The lowest BCUT2D eigenvalue weighted by atomic mass is 9.99. The zero-order valence-corrected chi connectivity index (χ0v) is 18.8. The maximum absolute atomic E-state index is 6.13. The molecule has 0 aliphatic heterocycles. The molecule has 0 aliphatic rings. The quantitative estimate of drug-likeness (QED) is 0.382. The second-order valence-electron chi connectivity index (χ2n) is 7.75. The molecular weight excluding hydrogens is 358 g/mol. The molecule has 2 rings (SSSR count). The van der Waals surface area contributed by atoms with E-state index >= 15 is 0 Å². The maximum Gasteiger partial charge on any atom is 0.161 e. The average molecular weight is 398 g/mol. The van der Waals surface area contributed by atoms with Crippen molar-refractivity contribution in [2.24, 2.45) is 0 Å². The van der Waals surface area contributed by atoms with Crippen LogP contribution in [0.25, 0.3) is 0 Å². The summed E-state index contributed by atoms with van der Waals surface area (Å²) in [4.78, 5) is 2.67. The van der Waals surface area contributed by atoms with E-state index in [2.05, 4.69) is 68.1 Å². The van der Waals surface area contributed by atoms with Gasteiger partial charge in [-0.15, -0.1) is 0 Å². The van der Waals surface area contributed by atoms with E-state index in [-0.39, 0.29) is 0 Å². The number of rotatable bonds is 14. The topological polar surface area (TPSA) is 21.7 Å². The Kier molecular flexibility index (Phi) is 10.6. The van der Waals surface area contributed by atoms with Crippen LogP contribution in [0.15, 0.2) is 48.5 Å². The van der Waals surface area contributed by atoms with Gasteiger partial charge in [-0.1, -0.05) is 63.6 Å². The normalized spacial score (nSPS) is 12.2. The van der Waals surface area contributed by atoms with Crippen molar-refractivity contribution in [1.29, 1.82) is 0 Å². The Bertz CT molecular complexity index is 680. The SMILES string of the molecule is CCC[C@H](Cc1ccc(OC)c(OCCc2ccccc2)c1)N(CCC)CCC. The molecule has 0 unspecified atom stereocenters. The highest BCUT2D eigenvalue weighted by atomic mass is 16.5. The van der Waals surface area contributed by atoms with Gasteiger partial charge in [-0.25, -0.2) is 0 Å². The predicted octanol–water partition coefficient (Wildman–Crippen LogP) is 6.15. The van der Waals surface area contributed by atoms with Crippen molar-refractivity contribution in [1.82, 2.24) is 4.90 Å². The number of hydrogen-bond donors (Lipinski definition) is 0. The number of nitrogens with zero attached hydrogens (tertiary/aromatic N) is 1.